The second kappa shape index (κ2) is 8.10. The Morgan fingerprint density at radius 3 is 2.81 bits per heavy atom. The van der Waals surface area contributed by atoms with Crippen molar-refractivity contribution in [2.45, 2.75) is 26.8 Å². The Kier molecular flexibility index (Phi) is 6.14. The monoisotopic (exact) mass is 307 g/mol. The molecule has 0 unspecified atom stereocenters. The van der Waals surface area contributed by atoms with Crippen molar-refractivity contribution in [3.8, 4) is 0 Å². The molecule has 0 aliphatic heterocycles. The van der Waals surface area contributed by atoms with Gasteiger partial charge in [0.25, 0.3) is 0 Å². The zero-order chi connectivity index (χ0) is 15.1. The Hall–Kier alpha value is -1.46. The summed E-state index contributed by atoms with van der Waals surface area (Å²) in [7, 11) is 0. The summed E-state index contributed by atoms with van der Waals surface area (Å²) >= 11 is 1.73. The van der Waals surface area contributed by atoms with E-state index in [4.69, 9.17) is 0 Å². The van der Waals surface area contributed by atoms with Crippen molar-refractivity contribution in [3.63, 3.8) is 0 Å². The highest BCUT2D eigenvalue weighted by Gasteiger charge is 2.07. The number of benzene rings is 1. The lowest BCUT2D eigenvalue weighted by Gasteiger charge is -2.16. The van der Waals surface area contributed by atoms with E-state index in [2.05, 4.69) is 29.0 Å². The van der Waals surface area contributed by atoms with Crippen LogP contribution in [0.2, 0.25) is 0 Å². The van der Waals surface area contributed by atoms with Gasteiger partial charge in [-0.05, 0) is 44.5 Å². The third-order valence-electron chi connectivity index (χ3n) is 3.35. The molecule has 0 aliphatic carbocycles. The first-order valence-electron chi connectivity index (χ1n) is 7.37. The molecule has 1 heterocycles. The molecule has 0 bridgehead atoms. The summed E-state index contributed by atoms with van der Waals surface area (Å²) in [5.74, 6) is -0.168. The van der Waals surface area contributed by atoms with Gasteiger partial charge in [0.1, 0.15) is 5.82 Å². The average molecular weight is 307 g/mol. The van der Waals surface area contributed by atoms with Crippen LogP contribution in [0.1, 0.15) is 24.3 Å². The van der Waals surface area contributed by atoms with Crippen LogP contribution in [0.5, 0.6) is 0 Å². The molecule has 0 aliphatic rings. The first-order chi connectivity index (χ1) is 10.2. The third kappa shape index (κ3) is 4.79. The summed E-state index contributed by atoms with van der Waals surface area (Å²) in [4.78, 5) is 7.94. The van der Waals surface area contributed by atoms with Gasteiger partial charge in [0, 0.05) is 30.7 Å². The van der Waals surface area contributed by atoms with Crippen LogP contribution >= 0.6 is 11.3 Å². The minimum atomic E-state index is -0.168. The van der Waals surface area contributed by atoms with Crippen molar-refractivity contribution >= 4 is 16.5 Å². The van der Waals surface area contributed by atoms with Crippen LogP contribution in [-0.4, -0.2) is 24.6 Å². The largest absolute Gasteiger partial charge is 0.349 e. The Morgan fingerprint density at radius 2 is 2.10 bits per heavy atom. The smallest absolute Gasteiger partial charge is 0.185 e. The summed E-state index contributed by atoms with van der Waals surface area (Å²) in [6.07, 6.45) is 2.77. The number of nitrogens with zero attached hydrogens (tertiary/aromatic N) is 2. The zero-order valence-corrected chi connectivity index (χ0v) is 13.4. The van der Waals surface area contributed by atoms with Crippen molar-refractivity contribution in [1.82, 2.24) is 10.3 Å². The third-order valence-corrected chi connectivity index (χ3v) is 4.41. The Bertz CT molecular complexity index is 552. The molecular formula is C16H22FN3S. The minimum Gasteiger partial charge on any atom is -0.349 e. The number of nitrogens with one attached hydrogen (secondary N) is 1. The Balaban J connectivity index is 1.76. The lowest BCUT2D eigenvalue weighted by molar-refractivity contribution is 0.623. The van der Waals surface area contributed by atoms with Crippen molar-refractivity contribution in [3.05, 3.63) is 46.7 Å². The molecule has 3 nitrogen and oxygen atoms in total. The zero-order valence-electron chi connectivity index (χ0n) is 12.6. The summed E-state index contributed by atoms with van der Waals surface area (Å²) in [6.45, 7) is 7.90. The number of hydrogen-bond donors (Lipinski definition) is 1. The van der Waals surface area contributed by atoms with E-state index in [1.54, 1.807) is 23.5 Å². The van der Waals surface area contributed by atoms with Gasteiger partial charge in [-0.2, -0.15) is 0 Å². The highest BCUT2D eigenvalue weighted by atomic mass is 32.1. The predicted molar refractivity (Wildman–Crippen MR) is 87.5 cm³/mol. The van der Waals surface area contributed by atoms with E-state index in [-0.39, 0.29) is 5.82 Å². The van der Waals surface area contributed by atoms with Crippen molar-refractivity contribution in [2.24, 2.45) is 0 Å². The van der Waals surface area contributed by atoms with E-state index in [0.717, 1.165) is 43.3 Å². The fraction of sp³-hybridized carbons (Fsp3) is 0.438. The van der Waals surface area contributed by atoms with Crippen molar-refractivity contribution in [1.29, 1.82) is 0 Å². The van der Waals surface area contributed by atoms with Crippen LogP contribution in [0, 0.1) is 5.82 Å². The Labute approximate surface area is 129 Å². The van der Waals surface area contributed by atoms with Gasteiger partial charge >= 0.3 is 0 Å². The summed E-state index contributed by atoms with van der Waals surface area (Å²) in [5.41, 5.74) is 1.02. The average Bonchev–Trinajstić information content (AvgIpc) is 2.94. The maximum Gasteiger partial charge on any atom is 0.185 e. The van der Waals surface area contributed by atoms with Crippen LogP contribution in [0.3, 0.4) is 0 Å². The van der Waals surface area contributed by atoms with E-state index in [9.17, 15) is 4.39 Å². The van der Waals surface area contributed by atoms with Crippen LogP contribution in [-0.2, 0) is 13.0 Å². The highest BCUT2D eigenvalue weighted by molar-refractivity contribution is 7.15. The molecule has 0 radical (unpaired) electrons. The molecule has 1 N–H and O–H groups in total. The van der Waals surface area contributed by atoms with E-state index in [0.29, 0.717) is 0 Å². The molecule has 5 heteroatoms. The van der Waals surface area contributed by atoms with Gasteiger partial charge in [0.05, 0.1) is 0 Å². The first kappa shape index (κ1) is 15.9. The van der Waals surface area contributed by atoms with Crippen LogP contribution in [0.15, 0.2) is 30.5 Å². The number of hydrogen-bond acceptors (Lipinski definition) is 4. The number of anilines is 1. The second-order valence-corrected chi connectivity index (χ2v) is 5.93. The molecule has 21 heavy (non-hydrogen) atoms. The van der Waals surface area contributed by atoms with Gasteiger partial charge in [0.15, 0.2) is 5.13 Å². The van der Waals surface area contributed by atoms with Gasteiger partial charge < -0.3 is 10.2 Å². The number of thiazole rings is 1. The molecular weight excluding hydrogens is 285 g/mol. The molecule has 0 spiro atoms. The molecule has 1 aromatic heterocycles. The molecule has 114 valence electrons. The van der Waals surface area contributed by atoms with E-state index in [1.165, 1.54) is 10.9 Å². The van der Waals surface area contributed by atoms with Gasteiger partial charge in [-0.1, -0.05) is 12.1 Å². The van der Waals surface area contributed by atoms with E-state index < -0.39 is 0 Å². The van der Waals surface area contributed by atoms with E-state index >= 15 is 0 Å². The van der Waals surface area contributed by atoms with Crippen molar-refractivity contribution in [2.75, 3.05) is 24.5 Å². The second-order valence-electron chi connectivity index (χ2n) is 4.84. The highest BCUT2D eigenvalue weighted by Crippen LogP contribution is 2.21. The molecule has 1 aromatic carbocycles. The molecule has 0 fully saturated rings. The molecule has 0 amide bonds. The van der Waals surface area contributed by atoms with Crippen LogP contribution in [0.4, 0.5) is 9.52 Å². The quantitative estimate of drug-likeness (QED) is 0.757. The SMILES string of the molecule is CCN(CC)c1ncc(CNCCc2cccc(F)c2)s1. The summed E-state index contributed by atoms with van der Waals surface area (Å²) < 4.78 is 13.1. The van der Waals surface area contributed by atoms with Gasteiger partial charge in [-0.15, -0.1) is 11.3 Å². The molecule has 2 rings (SSSR count). The molecule has 0 atom stereocenters. The fourth-order valence-corrected chi connectivity index (χ4v) is 3.16. The number of rotatable bonds is 8. The van der Waals surface area contributed by atoms with Gasteiger partial charge in [-0.25, -0.2) is 9.37 Å². The maximum absolute atomic E-state index is 13.1. The van der Waals surface area contributed by atoms with Crippen molar-refractivity contribution < 1.29 is 4.39 Å². The fourth-order valence-electron chi connectivity index (χ4n) is 2.16. The standard InChI is InChI=1S/C16H22FN3S/c1-3-20(4-2)16-19-12-15(21-16)11-18-9-8-13-6-5-7-14(17)10-13/h5-7,10,12,18H,3-4,8-9,11H2,1-2H3. The summed E-state index contributed by atoms with van der Waals surface area (Å²) in [5, 5.41) is 4.47. The normalized spacial score (nSPS) is 10.8. The van der Waals surface area contributed by atoms with E-state index in [1.807, 2.05) is 12.3 Å². The van der Waals surface area contributed by atoms with Crippen LogP contribution < -0.4 is 10.2 Å². The van der Waals surface area contributed by atoms with Gasteiger partial charge in [-0.3, -0.25) is 0 Å². The maximum atomic E-state index is 13.1. The Morgan fingerprint density at radius 1 is 1.29 bits per heavy atom. The number of aromatic nitrogens is 1. The minimum absolute atomic E-state index is 0.168. The summed E-state index contributed by atoms with van der Waals surface area (Å²) in [6, 6.07) is 6.77. The lowest BCUT2D eigenvalue weighted by Crippen LogP contribution is -2.21. The topological polar surface area (TPSA) is 28.2 Å². The number of halogens is 1. The lowest BCUT2D eigenvalue weighted by atomic mass is 10.1. The molecule has 2 aromatic rings. The van der Waals surface area contributed by atoms with Crippen LogP contribution in [0.25, 0.3) is 0 Å². The first-order valence-corrected chi connectivity index (χ1v) is 8.19. The van der Waals surface area contributed by atoms with Gasteiger partial charge in [0.2, 0.25) is 0 Å². The predicted octanol–water partition coefficient (Wildman–Crippen LogP) is 3.46. The molecule has 0 saturated carbocycles. The molecule has 0 saturated heterocycles.